The molecule has 164 valence electrons. The van der Waals surface area contributed by atoms with Gasteiger partial charge < -0.3 is 10.1 Å². The molecule has 6 nitrogen and oxygen atoms in total. The van der Waals surface area contributed by atoms with Crippen LogP contribution in [0.15, 0.2) is 82.4 Å². The zero-order valence-electron chi connectivity index (χ0n) is 17.1. The average molecular weight is 515 g/mol. The molecule has 0 atom stereocenters. The van der Waals surface area contributed by atoms with Crippen molar-refractivity contribution in [2.75, 3.05) is 6.54 Å². The van der Waals surface area contributed by atoms with Gasteiger partial charge in [0.15, 0.2) is 0 Å². The Bertz CT molecular complexity index is 1090. The number of hydrogen-bond acceptors (Lipinski definition) is 4. The molecule has 0 radical (unpaired) electrons. The van der Waals surface area contributed by atoms with Crippen molar-refractivity contribution in [3.8, 4) is 5.75 Å². The number of nitrogens with zero attached hydrogens (tertiary/aromatic N) is 1. The first-order valence-corrected chi connectivity index (χ1v) is 11.0. The van der Waals surface area contributed by atoms with E-state index in [1.54, 1.807) is 24.3 Å². The molecule has 3 rings (SSSR count). The fourth-order valence-electron chi connectivity index (χ4n) is 2.73. The molecule has 32 heavy (non-hydrogen) atoms. The summed E-state index contributed by atoms with van der Waals surface area (Å²) in [7, 11) is 0. The Balaban J connectivity index is 1.49. The third-order valence-electron chi connectivity index (χ3n) is 4.33. The summed E-state index contributed by atoms with van der Waals surface area (Å²) >= 11 is 9.26. The highest BCUT2D eigenvalue weighted by Crippen LogP contribution is 2.22. The van der Waals surface area contributed by atoms with E-state index in [0.717, 1.165) is 15.6 Å². The van der Waals surface area contributed by atoms with Crippen molar-refractivity contribution in [2.45, 2.75) is 13.0 Å². The lowest BCUT2D eigenvalue weighted by Crippen LogP contribution is -2.35. The third kappa shape index (κ3) is 7.83. The van der Waals surface area contributed by atoms with E-state index in [2.05, 4.69) is 31.8 Å². The maximum atomic E-state index is 12.0. The van der Waals surface area contributed by atoms with E-state index in [1.807, 2.05) is 48.5 Å². The molecular weight excluding hydrogens is 494 g/mol. The van der Waals surface area contributed by atoms with Gasteiger partial charge in [-0.1, -0.05) is 70.0 Å². The minimum atomic E-state index is -0.438. The second kappa shape index (κ2) is 12.0. The van der Waals surface area contributed by atoms with Gasteiger partial charge in [-0.05, 0) is 41.5 Å². The van der Waals surface area contributed by atoms with Gasteiger partial charge in [-0.15, -0.1) is 0 Å². The summed E-state index contributed by atoms with van der Waals surface area (Å²) in [5.74, 6) is -0.0752. The smallest absolute Gasteiger partial charge is 0.259 e. The largest absolute Gasteiger partial charge is 0.488 e. The number of hydrazone groups is 1. The van der Waals surface area contributed by atoms with Crippen LogP contribution in [0, 0.1) is 0 Å². The van der Waals surface area contributed by atoms with Crippen LogP contribution in [0.1, 0.15) is 16.7 Å². The molecule has 0 unspecified atom stereocenters. The van der Waals surface area contributed by atoms with Crippen molar-refractivity contribution >= 4 is 45.6 Å². The van der Waals surface area contributed by atoms with Gasteiger partial charge in [0.2, 0.25) is 5.91 Å². The van der Waals surface area contributed by atoms with Gasteiger partial charge in [-0.25, -0.2) is 5.43 Å². The first-order valence-electron chi connectivity index (χ1n) is 9.79. The molecule has 0 saturated heterocycles. The van der Waals surface area contributed by atoms with Crippen molar-refractivity contribution in [1.82, 2.24) is 10.7 Å². The highest BCUT2D eigenvalue weighted by molar-refractivity contribution is 9.10. The summed E-state index contributed by atoms with van der Waals surface area (Å²) in [6.45, 7) is 0.231. The highest BCUT2D eigenvalue weighted by Gasteiger charge is 2.07. The molecule has 3 aromatic carbocycles. The molecular formula is C24H21BrClN3O3. The zero-order chi connectivity index (χ0) is 22.8. The minimum absolute atomic E-state index is 0.161. The van der Waals surface area contributed by atoms with E-state index in [9.17, 15) is 9.59 Å². The Labute approximate surface area is 199 Å². The van der Waals surface area contributed by atoms with Crippen LogP contribution in [-0.4, -0.2) is 24.6 Å². The topological polar surface area (TPSA) is 79.8 Å². The Morgan fingerprint density at radius 2 is 1.72 bits per heavy atom. The minimum Gasteiger partial charge on any atom is -0.488 e. The van der Waals surface area contributed by atoms with Crippen LogP contribution in [0.2, 0.25) is 5.02 Å². The van der Waals surface area contributed by atoms with Crippen LogP contribution < -0.4 is 15.5 Å². The predicted octanol–water partition coefficient (Wildman–Crippen LogP) is 4.49. The van der Waals surface area contributed by atoms with Gasteiger partial charge in [-0.3, -0.25) is 9.59 Å². The van der Waals surface area contributed by atoms with Gasteiger partial charge in [0.05, 0.1) is 19.2 Å². The van der Waals surface area contributed by atoms with Crippen LogP contribution >= 0.6 is 27.5 Å². The zero-order valence-corrected chi connectivity index (χ0v) is 19.4. The monoisotopic (exact) mass is 513 g/mol. The number of carbonyl (C=O) groups excluding carboxylic acids is 2. The molecule has 0 aliphatic carbocycles. The van der Waals surface area contributed by atoms with Crippen molar-refractivity contribution in [3.05, 3.63) is 99.0 Å². The van der Waals surface area contributed by atoms with Gasteiger partial charge in [-0.2, -0.15) is 5.10 Å². The normalized spacial score (nSPS) is 10.7. The lowest BCUT2D eigenvalue weighted by Gasteiger charge is -2.10. The van der Waals surface area contributed by atoms with Gasteiger partial charge in [0.25, 0.3) is 5.91 Å². The Morgan fingerprint density at radius 1 is 0.969 bits per heavy atom. The molecule has 0 spiro atoms. The quantitative estimate of drug-likeness (QED) is 0.326. The molecule has 0 aliphatic heterocycles. The van der Waals surface area contributed by atoms with E-state index in [4.69, 9.17) is 16.3 Å². The predicted molar refractivity (Wildman–Crippen MR) is 129 cm³/mol. The lowest BCUT2D eigenvalue weighted by molar-refractivity contribution is -0.125. The molecule has 0 saturated carbocycles. The van der Waals surface area contributed by atoms with E-state index in [1.165, 1.54) is 6.21 Å². The standard InChI is InChI=1S/C24H21BrClN3O3/c25-20-8-11-22(32-16-18-4-2-1-3-5-18)19(13-20)14-28-29-24(31)15-27-23(30)12-17-6-9-21(26)10-7-17/h1-11,13-14H,12,15-16H2,(H,27,30)(H,29,31)/b28-14-. The summed E-state index contributed by atoms with van der Waals surface area (Å²) < 4.78 is 6.74. The number of carbonyl (C=O) groups is 2. The van der Waals surface area contributed by atoms with Gasteiger partial charge in [0, 0.05) is 15.1 Å². The molecule has 0 aliphatic rings. The van der Waals surface area contributed by atoms with E-state index in [0.29, 0.717) is 22.9 Å². The number of hydrogen-bond donors (Lipinski definition) is 2. The van der Waals surface area contributed by atoms with E-state index < -0.39 is 5.91 Å². The Hall–Kier alpha value is -3.16. The van der Waals surface area contributed by atoms with Crippen LogP contribution in [0.3, 0.4) is 0 Å². The number of nitrogens with one attached hydrogen (secondary N) is 2. The summed E-state index contributed by atoms with van der Waals surface area (Å²) in [6.07, 6.45) is 1.66. The summed E-state index contributed by atoms with van der Waals surface area (Å²) in [4.78, 5) is 24.0. The number of amides is 2. The summed E-state index contributed by atoms with van der Waals surface area (Å²) in [5, 5.41) is 7.14. The molecule has 2 N–H and O–H groups in total. The van der Waals surface area contributed by atoms with Crippen LogP contribution in [0.4, 0.5) is 0 Å². The molecule has 0 heterocycles. The second-order valence-corrected chi connectivity index (χ2v) is 8.18. The van der Waals surface area contributed by atoms with Gasteiger partial charge in [0.1, 0.15) is 12.4 Å². The van der Waals surface area contributed by atoms with E-state index >= 15 is 0 Å². The fraction of sp³-hybridized carbons (Fsp3) is 0.125. The number of ether oxygens (including phenoxy) is 1. The molecule has 0 aromatic heterocycles. The number of rotatable bonds is 9. The Morgan fingerprint density at radius 3 is 2.47 bits per heavy atom. The molecule has 2 amide bonds. The molecule has 3 aromatic rings. The fourth-order valence-corrected chi connectivity index (χ4v) is 3.23. The Kier molecular flexibility index (Phi) is 8.83. The first-order chi connectivity index (χ1) is 15.5. The highest BCUT2D eigenvalue weighted by atomic mass is 79.9. The van der Waals surface area contributed by atoms with Crippen LogP contribution in [0.25, 0.3) is 0 Å². The summed E-state index contributed by atoms with van der Waals surface area (Å²) in [6, 6.07) is 22.3. The number of halogens is 2. The summed E-state index contributed by atoms with van der Waals surface area (Å²) in [5.41, 5.74) is 4.95. The first kappa shape index (κ1) is 23.5. The number of benzene rings is 3. The maximum Gasteiger partial charge on any atom is 0.259 e. The van der Waals surface area contributed by atoms with Crippen molar-refractivity contribution < 1.29 is 14.3 Å². The van der Waals surface area contributed by atoms with Crippen molar-refractivity contribution in [2.24, 2.45) is 5.10 Å². The third-order valence-corrected chi connectivity index (χ3v) is 5.07. The lowest BCUT2D eigenvalue weighted by atomic mass is 10.1. The van der Waals surface area contributed by atoms with Crippen molar-refractivity contribution in [1.29, 1.82) is 0 Å². The van der Waals surface area contributed by atoms with Crippen molar-refractivity contribution in [3.63, 3.8) is 0 Å². The van der Waals surface area contributed by atoms with Gasteiger partial charge >= 0.3 is 0 Å². The van der Waals surface area contributed by atoms with Crippen LogP contribution in [-0.2, 0) is 22.6 Å². The van der Waals surface area contributed by atoms with Crippen LogP contribution in [0.5, 0.6) is 5.75 Å². The average Bonchev–Trinajstić information content (AvgIpc) is 2.79. The SMILES string of the molecule is O=C(Cc1ccc(Cl)cc1)NCC(=O)N/N=C\c1cc(Br)ccc1OCc1ccccc1. The second-order valence-electron chi connectivity index (χ2n) is 6.83. The molecule has 0 bridgehead atoms. The molecule has 8 heteroatoms. The molecule has 0 fully saturated rings. The van der Waals surface area contributed by atoms with E-state index in [-0.39, 0.29) is 18.9 Å². The maximum absolute atomic E-state index is 12.0.